The van der Waals surface area contributed by atoms with E-state index in [9.17, 15) is 9.90 Å². The molecule has 1 aliphatic rings. The van der Waals surface area contributed by atoms with Gasteiger partial charge >= 0.3 is 5.97 Å². The van der Waals surface area contributed by atoms with Gasteiger partial charge in [0.25, 0.3) is 0 Å². The average Bonchev–Trinajstić information content (AvgIpc) is 3.13. The molecule has 1 aliphatic heterocycles. The number of aromatic carboxylic acids is 1. The lowest BCUT2D eigenvalue weighted by atomic mass is 10.3. The van der Waals surface area contributed by atoms with Crippen LogP contribution in [0.4, 0.5) is 5.95 Å². The van der Waals surface area contributed by atoms with Gasteiger partial charge in [-0.05, 0) is 26.1 Å². The summed E-state index contributed by atoms with van der Waals surface area (Å²) in [6.07, 6.45) is 5.82. The summed E-state index contributed by atoms with van der Waals surface area (Å²) in [5.41, 5.74) is 1.28. The van der Waals surface area contributed by atoms with Gasteiger partial charge in [0.05, 0.1) is 10.9 Å². The number of likely N-dealkylation sites (N-methyl/N-ethyl adjacent to an activating group) is 1. The molecule has 0 radical (unpaired) electrons. The minimum atomic E-state index is -1.06. The van der Waals surface area contributed by atoms with Crippen molar-refractivity contribution in [3.63, 3.8) is 0 Å². The molecule has 142 valence electrons. The summed E-state index contributed by atoms with van der Waals surface area (Å²) in [6.45, 7) is 6.22. The van der Waals surface area contributed by atoms with Crippen LogP contribution in [0, 0.1) is 0 Å². The second-order valence-electron chi connectivity index (χ2n) is 6.88. The van der Waals surface area contributed by atoms with Crippen molar-refractivity contribution in [2.45, 2.75) is 6.42 Å². The second-order valence-corrected chi connectivity index (χ2v) is 6.88. The Morgan fingerprint density at radius 2 is 2.07 bits per heavy atom. The quantitative estimate of drug-likeness (QED) is 0.622. The average molecular weight is 369 g/mol. The minimum absolute atomic E-state index is 0.00589. The van der Waals surface area contributed by atoms with Gasteiger partial charge in [0.2, 0.25) is 5.95 Å². The third-order valence-corrected chi connectivity index (χ3v) is 4.95. The molecule has 3 aromatic rings. The lowest BCUT2D eigenvalue weighted by Crippen LogP contribution is -2.44. The van der Waals surface area contributed by atoms with Crippen molar-refractivity contribution < 1.29 is 9.90 Å². The summed E-state index contributed by atoms with van der Waals surface area (Å²) in [7, 11) is 2.15. The predicted octanol–water partition coefficient (Wildman–Crippen LogP) is 1.03. The van der Waals surface area contributed by atoms with Crippen LogP contribution in [0.15, 0.2) is 24.7 Å². The summed E-state index contributed by atoms with van der Waals surface area (Å²) in [5.74, 6) is -0.459. The van der Waals surface area contributed by atoms with Gasteiger partial charge in [0, 0.05) is 51.3 Å². The van der Waals surface area contributed by atoms with Crippen molar-refractivity contribution in [2.75, 3.05) is 51.6 Å². The van der Waals surface area contributed by atoms with Crippen molar-refractivity contribution >= 4 is 28.5 Å². The van der Waals surface area contributed by atoms with E-state index in [4.69, 9.17) is 0 Å². The Labute approximate surface area is 156 Å². The summed E-state index contributed by atoms with van der Waals surface area (Å²) >= 11 is 0. The number of hydrogen-bond donors (Lipinski definition) is 2. The van der Waals surface area contributed by atoms with Gasteiger partial charge in [-0.25, -0.2) is 14.8 Å². The van der Waals surface area contributed by atoms with Crippen molar-refractivity contribution in [3.05, 3.63) is 30.4 Å². The minimum Gasteiger partial charge on any atom is -0.476 e. The fourth-order valence-corrected chi connectivity index (χ4v) is 3.36. The molecule has 1 fully saturated rings. The molecule has 2 N–H and O–H groups in total. The van der Waals surface area contributed by atoms with Gasteiger partial charge < -0.3 is 20.2 Å². The number of carboxylic acids is 1. The van der Waals surface area contributed by atoms with Crippen LogP contribution < -0.4 is 5.32 Å². The van der Waals surface area contributed by atoms with E-state index in [2.05, 4.69) is 37.1 Å². The summed E-state index contributed by atoms with van der Waals surface area (Å²) < 4.78 is 1.70. The maximum absolute atomic E-state index is 11.3. The molecule has 0 aromatic carbocycles. The maximum Gasteiger partial charge on any atom is 0.356 e. The van der Waals surface area contributed by atoms with Crippen LogP contribution >= 0.6 is 0 Å². The third kappa shape index (κ3) is 3.69. The number of carboxylic acid groups (broad SMARTS) is 1. The number of carbonyl (C=O) groups is 1. The van der Waals surface area contributed by atoms with Crippen molar-refractivity contribution in [3.8, 4) is 0 Å². The van der Waals surface area contributed by atoms with Crippen LogP contribution in [0.25, 0.3) is 16.6 Å². The highest BCUT2D eigenvalue weighted by Gasteiger charge is 2.16. The second kappa shape index (κ2) is 7.45. The molecule has 0 saturated carbocycles. The molecule has 0 spiro atoms. The molecule has 4 heterocycles. The zero-order valence-corrected chi connectivity index (χ0v) is 15.3. The molecule has 0 atom stereocenters. The van der Waals surface area contributed by atoms with Crippen LogP contribution in [0.5, 0.6) is 0 Å². The predicted molar refractivity (Wildman–Crippen MR) is 102 cm³/mol. The van der Waals surface area contributed by atoms with Crippen molar-refractivity contribution in [1.82, 2.24) is 29.2 Å². The Morgan fingerprint density at radius 3 is 2.85 bits per heavy atom. The maximum atomic E-state index is 11.3. The number of fused-ring (bicyclic) bond motifs is 3. The van der Waals surface area contributed by atoms with E-state index < -0.39 is 5.97 Å². The Bertz CT molecular complexity index is 963. The third-order valence-electron chi connectivity index (χ3n) is 4.95. The van der Waals surface area contributed by atoms with E-state index in [0.29, 0.717) is 11.6 Å². The zero-order chi connectivity index (χ0) is 18.8. The highest BCUT2D eigenvalue weighted by atomic mass is 16.4. The SMILES string of the molecule is CN1CCN(CCCNc2nc3ccncc3c3nc(C(=O)O)cn23)CC1. The van der Waals surface area contributed by atoms with Gasteiger partial charge in [-0.1, -0.05) is 0 Å². The summed E-state index contributed by atoms with van der Waals surface area (Å²) in [4.78, 5) is 29.1. The molecule has 27 heavy (non-hydrogen) atoms. The van der Waals surface area contributed by atoms with Crippen LogP contribution in [0.3, 0.4) is 0 Å². The Kier molecular flexibility index (Phi) is 4.87. The van der Waals surface area contributed by atoms with E-state index in [1.54, 1.807) is 22.9 Å². The number of hydrogen-bond acceptors (Lipinski definition) is 7. The molecule has 4 rings (SSSR count). The number of anilines is 1. The van der Waals surface area contributed by atoms with E-state index in [1.807, 2.05) is 0 Å². The first kappa shape index (κ1) is 17.6. The number of rotatable bonds is 6. The molecular weight excluding hydrogens is 346 g/mol. The fraction of sp³-hybridized carbons (Fsp3) is 0.444. The first-order valence-corrected chi connectivity index (χ1v) is 9.13. The number of imidazole rings is 1. The number of pyridine rings is 1. The highest BCUT2D eigenvalue weighted by Crippen LogP contribution is 2.21. The molecule has 0 bridgehead atoms. The fourth-order valence-electron chi connectivity index (χ4n) is 3.36. The first-order valence-electron chi connectivity index (χ1n) is 9.13. The normalized spacial score (nSPS) is 16.2. The molecule has 3 aromatic heterocycles. The van der Waals surface area contributed by atoms with Gasteiger partial charge in [0.1, 0.15) is 0 Å². The number of piperazine rings is 1. The van der Waals surface area contributed by atoms with E-state index in [0.717, 1.165) is 56.6 Å². The van der Waals surface area contributed by atoms with Crippen molar-refractivity contribution in [1.29, 1.82) is 0 Å². The summed E-state index contributed by atoms with van der Waals surface area (Å²) in [6, 6.07) is 1.81. The van der Waals surface area contributed by atoms with Crippen LogP contribution in [0.1, 0.15) is 16.9 Å². The topological polar surface area (TPSA) is 98.9 Å². The van der Waals surface area contributed by atoms with Crippen molar-refractivity contribution in [2.24, 2.45) is 0 Å². The molecule has 1 saturated heterocycles. The standard InChI is InChI=1S/C18H23N7O2/c1-23-7-9-24(10-8-23)6-2-4-20-18-22-14-3-5-19-11-13(14)16-21-15(17(26)27)12-25(16)18/h3,5,11-12H,2,4,6-10H2,1H3,(H,20,22)(H,26,27). The molecular formula is C18H23N7O2. The zero-order valence-electron chi connectivity index (χ0n) is 15.3. The molecule has 0 unspecified atom stereocenters. The van der Waals surface area contributed by atoms with E-state index >= 15 is 0 Å². The van der Waals surface area contributed by atoms with Crippen LogP contribution in [0.2, 0.25) is 0 Å². The van der Waals surface area contributed by atoms with E-state index in [1.165, 1.54) is 6.20 Å². The lowest BCUT2D eigenvalue weighted by molar-refractivity contribution is 0.0691. The molecule has 9 heteroatoms. The van der Waals surface area contributed by atoms with Gasteiger partial charge in [-0.15, -0.1) is 0 Å². The monoisotopic (exact) mass is 369 g/mol. The van der Waals surface area contributed by atoms with Crippen LogP contribution in [-0.4, -0.2) is 86.5 Å². The number of nitrogens with zero attached hydrogens (tertiary/aromatic N) is 6. The Morgan fingerprint density at radius 1 is 1.26 bits per heavy atom. The highest BCUT2D eigenvalue weighted by molar-refractivity contribution is 5.94. The molecule has 9 nitrogen and oxygen atoms in total. The van der Waals surface area contributed by atoms with Gasteiger partial charge in [0.15, 0.2) is 11.3 Å². The Hall–Kier alpha value is -2.78. The van der Waals surface area contributed by atoms with Gasteiger partial charge in [-0.2, -0.15) is 0 Å². The first-order chi connectivity index (χ1) is 13.1. The molecule has 0 amide bonds. The van der Waals surface area contributed by atoms with E-state index in [-0.39, 0.29) is 5.69 Å². The van der Waals surface area contributed by atoms with Crippen LogP contribution in [-0.2, 0) is 0 Å². The summed E-state index contributed by atoms with van der Waals surface area (Å²) in [5, 5.41) is 13.4. The lowest BCUT2D eigenvalue weighted by Gasteiger charge is -2.32. The Balaban J connectivity index is 1.51. The number of nitrogens with one attached hydrogen (secondary N) is 1. The largest absolute Gasteiger partial charge is 0.476 e. The van der Waals surface area contributed by atoms with Gasteiger partial charge in [-0.3, -0.25) is 9.38 Å². The molecule has 0 aliphatic carbocycles. The smallest absolute Gasteiger partial charge is 0.356 e. The number of aromatic nitrogens is 4.